The molecule has 0 amide bonds. The maximum atomic E-state index is 6.07. The van der Waals surface area contributed by atoms with E-state index in [0.717, 1.165) is 30.5 Å². The molecule has 0 aliphatic carbocycles. The SMILES string of the molecule is CN(Cc1ccsc1)CC1CCN(CCc2cccc(Cl)c2)CC1. The van der Waals surface area contributed by atoms with Crippen LogP contribution in [0.15, 0.2) is 41.1 Å². The summed E-state index contributed by atoms with van der Waals surface area (Å²) in [5, 5.41) is 5.27. The summed E-state index contributed by atoms with van der Waals surface area (Å²) in [6, 6.07) is 10.5. The Hall–Kier alpha value is -0.870. The largest absolute Gasteiger partial charge is 0.303 e. The fraction of sp³-hybridized carbons (Fsp3) is 0.500. The van der Waals surface area contributed by atoms with E-state index < -0.39 is 0 Å². The lowest BCUT2D eigenvalue weighted by atomic mass is 9.96. The average molecular weight is 363 g/mol. The van der Waals surface area contributed by atoms with Gasteiger partial charge < -0.3 is 9.80 Å². The van der Waals surface area contributed by atoms with Crippen LogP contribution in [0.4, 0.5) is 0 Å². The molecule has 0 atom stereocenters. The number of benzene rings is 1. The van der Waals surface area contributed by atoms with Gasteiger partial charge in [-0.2, -0.15) is 11.3 Å². The molecule has 4 heteroatoms. The van der Waals surface area contributed by atoms with E-state index in [4.69, 9.17) is 11.6 Å². The van der Waals surface area contributed by atoms with Crippen molar-refractivity contribution in [2.45, 2.75) is 25.8 Å². The summed E-state index contributed by atoms with van der Waals surface area (Å²) in [6.45, 7) is 5.92. The van der Waals surface area contributed by atoms with Crippen molar-refractivity contribution in [3.05, 3.63) is 57.2 Å². The fourth-order valence-corrected chi connectivity index (χ4v) is 4.44. The summed E-state index contributed by atoms with van der Waals surface area (Å²) in [7, 11) is 2.25. The summed E-state index contributed by atoms with van der Waals surface area (Å²) < 4.78 is 0. The zero-order valence-corrected chi connectivity index (χ0v) is 16.0. The second kappa shape index (κ2) is 9.00. The number of likely N-dealkylation sites (tertiary alicyclic amines) is 1. The predicted molar refractivity (Wildman–Crippen MR) is 105 cm³/mol. The minimum absolute atomic E-state index is 0.844. The van der Waals surface area contributed by atoms with Crippen molar-refractivity contribution >= 4 is 22.9 Å². The molecule has 1 aliphatic heterocycles. The molecule has 0 spiro atoms. The van der Waals surface area contributed by atoms with Gasteiger partial charge in [0, 0.05) is 24.7 Å². The van der Waals surface area contributed by atoms with Crippen LogP contribution in [0, 0.1) is 5.92 Å². The molecule has 130 valence electrons. The highest BCUT2D eigenvalue weighted by atomic mass is 35.5. The van der Waals surface area contributed by atoms with Crippen molar-refractivity contribution in [2.75, 3.05) is 33.2 Å². The van der Waals surface area contributed by atoms with Crippen LogP contribution in [-0.4, -0.2) is 43.0 Å². The normalized spacial score (nSPS) is 16.8. The molecule has 24 heavy (non-hydrogen) atoms. The Balaban J connectivity index is 1.36. The van der Waals surface area contributed by atoms with Gasteiger partial charge in [-0.05, 0) is 85.4 Å². The molecule has 2 heterocycles. The topological polar surface area (TPSA) is 6.48 Å². The number of hydrogen-bond acceptors (Lipinski definition) is 3. The lowest BCUT2D eigenvalue weighted by Gasteiger charge is -2.34. The first-order valence-corrected chi connectivity index (χ1v) is 10.2. The monoisotopic (exact) mass is 362 g/mol. The van der Waals surface area contributed by atoms with Gasteiger partial charge >= 0.3 is 0 Å². The van der Waals surface area contributed by atoms with Gasteiger partial charge in [0.25, 0.3) is 0 Å². The summed E-state index contributed by atoms with van der Waals surface area (Å²) in [5.41, 5.74) is 2.79. The van der Waals surface area contributed by atoms with Crippen LogP contribution in [0.3, 0.4) is 0 Å². The Bertz CT molecular complexity index is 606. The zero-order chi connectivity index (χ0) is 16.8. The van der Waals surface area contributed by atoms with E-state index in [1.165, 1.54) is 43.6 Å². The minimum Gasteiger partial charge on any atom is -0.303 e. The third kappa shape index (κ3) is 5.59. The molecule has 0 bridgehead atoms. The summed E-state index contributed by atoms with van der Waals surface area (Å²) in [6.07, 6.45) is 3.75. The summed E-state index contributed by atoms with van der Waals surface area (Å²) >= 11 is 7.86. The number of halogens is 1. The summed E-state index contributed by atoms with van der Waals surface area (Å²) in [4.78, 5) is 5.09. The highest BCUT2D eigenvalue weighted by Gasteiger charge is 2.20. The van der Waals surface area contributed by atoms with Gasteiger partial charge in [0.15, 0.2) is 0 Å². The molecule has 2 nitrogen and oxygen atoms in total. The lowest BCUT2D eigenvalue weighted by Crippen LogP contribution is -2.38. The van der Waals surface area contributed by atoms with Crippen molar-refractivity contribution in [2.24, 2.45) is 5.92 Å². The van der Waals surface area contributed by atoms with Crippen molar-refractivity contribution in [1.82, 2.24) is 9.80 Å². The Morgan fingerprint density at radius 3 is 2.75 bits per heavy atom. The molecule has 1 aromatic heterocycles. The third-order valence-electron chi connectivity index (χ3n) is 4.92. The maximum absolute atomic E-state index is 6.07. The van der Waals surface area contributed by atoms with E-state index in [2.05, 4.69) is 45.8 Å². The second-order valence-corrected chi connectivity index (χ2v) is 8.21. The van der Waals surface area contributed by atoms with E-state index in [1.54, 1.807) is 11.3 Å². The number of nitrogens with zero attached hydrogens (tertiary/aromatic N) is 2. The Morgan fingerprint density at radius 2 is 2.04 bits per heavy atom. The van der Waals surface area contributed by atoms with Gasteiger partial charge in [-0.3, -0.25) is 0 Å². The Morgan fingerprint density at radius 1 is 1.21 bits per heavy atom. The molecule has 0 N–H and O–H groups in total. The third-order valence-corrected chi connectivity index (χ3v) is 5.88. The van der Waals surface area contributed by atoms with E-state index in [-0.39, 0.29) is 0 Å². The molecular formula is C20H27ClN2S. The van der Waals surface area contributed by atoms with Crippen LogP contribution in [0.25, 0.3) is 0 Å². The van der Waals surface area contributed by atoms with E-state index in [1.807, 2.05) is 12.1 Å². The number of thiophene rings is 1. The Labute approximate surface area is 155 Å². The molecule has 1 aromatic carbocycles. The van der Waals surface area contributed by atoms with Crippen molar-refractivity contribution < 1.29 is 0 Å². The minimum atomic E-state index is 0.844. The highest BCUT2D eigenvalue weighted by Crippen LogP contribution is 2.20. The molecule has 0 saturated carbocycles. The molecule has 2 aromatic rings. The van der Waals surface area contributed by atoms with Gasteiger partial charge in [-0.1, -0.05) is 23.7 Å². The maximum Gasteiger partial charge on any atom is 0.0408 e. The van der Waals surface area contributed by atoms with Crippen LogP contribution >= 0.6 is 22.9 Å². The van der Waals surface area contributed by atoms with E-state index in [0.29, 0.717) is 0 Å². The second-order valence-electron chi connectivity index (χ2n) is 6.99. The van der Waals surface area contributed by atoms with Crippen LogP contribution in [0.5, 0.6) is 0 Å². The van der Waals surface area contributed by atoms with Gasteiger partial charge in [0.05, 0.1) is 0 Å². The van der Waals surface area contributed by atoms with Gasteiger partial charge in [-0.15, -0.1) is 0 Å². The molecule has 1 aliphatic rings. The molecular weight excluding hydrogens is 336 g/mol. The van der Waals surface area contributed by atoms with Crippen molar-refractivity contribution in [3.8, 4) is 0 Å². The molecule has 1 saturated heterocycles. The van der Waals surface area contributed by atoms with Crippen LogP contribution in [-0.2, 0) is 13.0 Å². The molecule has 0 unspecified atom stereocenters. The van der Waals surface area contributed by atoms with E-state index in [9.17, 15) is 0 Å². The lowest BCUT2D eigenvalue weighted by molar-refractivity contribution is 0.153. The smallest absolute Gasteiger partial charge is 0.0408 e. The van der Waals surface area contributed by atoms with E-state index >= 15 is 0 Å². The van der Waals surface area contributed by atoms with Gasteiger partial charge in [0.2, 0.25) is 0 Å². The Kier molecular flexibility index (Phi) is 6.73. The zero-order valence-electron chi connectivity index (χ0n) is 14.5. The number of rotatable bonds is 7. The quantitative estimate of drug-likeness (QED) is 0.698. The molecule has 0 radical (unpaired) electrons. The predicted octanol–water partition coefficient (Wildman–Crippen LogP) is 4.79. The fourth-order valence-electron chi connectivity index (χ4n) is 3.57. The molecule has 3 rings (SSSR count). The van der Waals surface area contributed by atoms with Gasteiger partial charge in [-0.25, -0.2) is 0 Å². The number of hydrogen-bond donors (Lipinski definition) is 0. The highest BCUT2D eigenvalue weighted by molar-refractivity contribution is 7.07. The summed E-state index contributed by atoms with van der Waals surface area (Å²) in [5.74, 6) is 0.844. The first-order chi connectivity index (χ1) is 11.7. The average Bonchev–Trinajstić information content (AvgIpc) is 3.07. The van der Waals surface area contributed by atoms with Crippen LogP contribution in [0.1, 0.15) is 24.0 Å². The van der Waals surface area contributed by atoms with Crippen molar-refractivity contribution in [1.29, 1.82) is 0 Å². The standard InChI is InChI=1S/C20H27ClN2S/c1-22(15-19-8-12-24-16-19)14-18-6-10-23(11-7-18)9-5-17-3-2-4-20(21)13-17/h2-4,8,12-13,16,18H,5-7,9-11,14-15H2,1H3. The van der Waals surface area contributed by atoms with Crippen molar-refractivity contribution in [3.63, 3.8) is 0 Å². The molecule has 1 fully saturated rings. The van der Waals surface area contributed by atoms with Crippen LogP contribution < -0.4 is 0 Å². The first kappa shape index (κ1) is 17.9. The van der Waals surface area contributed by atoms with Crippen LogP contribution in [0.2, 0.25) is 5.02 Å². The first-order valence-electron chi connectivity index (χ1n) is 8.85. The number of piperidine rings is 1. The van der Waals surface area contributed by atoms with Gasteiger partial charge in [0.1, 0.15) is 0 Å².